The zero-order valence-corrected chi connectivity index (χ0v) is 18.3. The molecule has 0 saturated carbocycles. The third-order valence-electron chi connectivity index (χ3n) is 5.69. The molecule has 0 aromatic carbocycles. The van der Waals surface area contributed by atoms with Crippen LogP contribution in [0.15, 0.2) is 34.7 Å². The Morgan fingerprint density at radius 3 is 2.73 bits per heavy atom. The van der Waals surface area contributed by atoms with E-state index >= 15 is 0 Å². The highest BCUT2D eigenvalue weighted by Gasteiger charge is 2.34. The van der Waals surface area contributed by atoms with Crippen LogP contribution in [0.5, 0.6) is 0 Å². The van der Waals surface area contributed by atoms with Crippen molar-refractivity contribution in [1.82, 2.24) is 19.5 Å². The monoisotopic (exact) mass is 450 g/mol. The summed E-state index contributed by atoms with van der Waals surface area (Å²) in [4.78, 5) is 30.8. The standard InChI is InChI=1S/C20H26N4O4S2/c25-19(22-12-16-6-4-10-29-16)15-5-3-9-24(14-15)30(27,28)17-11-18(21-13-17)20(26)23-7-1-2-8-23/h4,6,10-11,13,15,21H,1-3,5,7-9,12,14H2,(H,22,25)/t15-/m0/s1. The SMILES string of the molecule is O=C(NCc1cccs1)[C@H]1CCCN(S(=O)(=O)c2c[nH]c(C(=O)N3CCCC3)c2)C1. The number of nitrogens with one attached hydrogen (secondary N) is 2. The van der Waals surface area contributed by atoms with E-state index < -0.39 is 10.0 Å². The molecule has 2 aromatic rings. The van der Waals surface area contributed by atoms with Crippen LogP contribution in [0.25, 0.3) is 0 Å². The second-order valence-electron chi connectivity index (χ2n) is 7.75. The minimum atomic E-state index is -3.77. The first-order valence-electron chi connectivity index (χ1n) is 10.2. The Morgan fingerprint density at radius 2 is 2.00 bits per heavy atom. The number of likely N-dealkylation sites (tertiary alicyclic amines) is 1. The summed E-state index contributed by atoms with van der Waals surface area (Å²) < 4.78 is 27.6. The van der Waals surface area contributed by atoms with Crippen LogP contribution in [-0.4, -0.2) is 60.6 Å². The molecule has 2 saturated heterocycles. The van der Waals surface area contributed by atoms with E-state index in [0.29, 0.717) is 39.0 Å². The summed E-state index contributed by atoms with van der Waals surface area (Å²) in [6, 6.07) is 5.30. The van der Waals surface area contributed by atoms with E-state index in [2.05, 4.69) is 10.3 Å². The van der Waals surface area contributed by atoms with Crippen molar-refractivity contribution in [3.05, 3.63) is 40.3 Å². The number of nitrogens with zero attached hydrogens (tertiary/aromatic N) is 2. The van der Waals surface area contributed by atoms with Gasteiger partial charge in [0.2, 0.25) is 15.9 Å². The molecule has 0 unspecified atom stereocenters. The van der Waals surface area contributed by atoms with Crippen LogP contribution >= 0.6 is 11.3 Å². The summed E-state index contributed by atoms with van der Waals surface area (Å²) in [5.74, 6) is -0.668. The van der Waals surface area contributed by atoms with Gasteiger partial charge in [0.15, 0.2) is 0 Å². The number of aromatic amines is 1. The largest absolute Gasteiger partial charge is 0.356 e. The molecule has 2 N–H and O–H groups in total. The van der Waals surface area contributed by atoms with Gasteiger partial charge < -0.3 is 15.2 Å². The van der Waals surface area contributed by atoms with Gasteiger partial charge in [-0.3, -0.25) is 9.59 Å². The lowest BCUT2D eigenvalue weighted by molar-refractivity contribution is -0.126. The number of carbonyl (C=O) groups is 2. The quantitative estimate of drug-likeness (QED) is 0.703. The molecule has 4 heterocycles. The topological polar surface area (TPSA) is 103 Å². The van der Waals surface area contributed by atoms with Gasteiger partial charge in [0.05, 0.1) is 12.5 Å². The maximum absolute atomic E-state index is 13.1. The molecule has 0 spiro atoms. The van der Waals surface area contributed by atoms with Crippen LogP contribution in [0.3, 0.4) is 0 Å². The molecule has 0 aliphatic carbocycles. The predicted molar refractivity (Wildman–Crippen MR) is 114 cm³/mol. The van der Waals surface area contributed by atoms with E-state index in [9.17, 15) is 18.0 Å². The van der Waals surface area contributed by atoms with Gasteiger partial charge in [-0.05, 0) is 43.2 Å². The first-order valence-corrected chi connectivity index (χ1v) is 12.5. The average Bonchev–Trinajstić information content (AvgIpc) is 3.53. The van der Waals surface area contributed by atoms with E-state index in [0.717, 1.165) is 17.7 Å². The van der Waals surface area contributed by atoms with E-state index in [1.807, 2.05) is 17.5 Å². The molecule has 10 heteroatoms. The number of hydrogen-bond donors (Lipinski definition) is 2. The van der Waals surface area contributed by atoms with Crippen molar-refractivity contribution < 1.29 is 18.0 Å². The predicted octanol–water partition coefficient (Wildman–Crippen LogP) is 2.03. The van der Waals surface area contributed by atoms with Gasteiger partial charge in [-0.25, -0.2) is 8.42 Å². The van der Waals surface area contributed by atoms with Crippen molar-refractivity contribution in [3.63, 3.8) is 0 Å². The van der Waals surface area contributed by atoms with Crippen molar-refractivity contribution in [2.45, 2.75) is 37.1 Å². The van der Waals surface area contributed by atoms with Crippen molar-refractivity contribution in [2.75, 3.05) is 26.2 Å². The van der Waals surface area contributed by atoms with Crippen molar-refractivity contribution >= 4 is 33.2 Å². The molecule has 2 amide bonds. The summed E-state index contributed by atoms with van der Waals surface area (Å²) in [6.07, 6.45) is 4.61. The molecule has 8 nitrogen and oxygen atoms in total. The Kier molecular flexibility index (Phi) is 6.26. The number of hydrogen-bond acceptors (Lipinski definition) is 5. The summed E-state index contributed by atoms with van der Waals surface area (Å²) >= 11 is 1.57. The fourth-order valence-electron chi connectivity index (χ4n) is 3.99. The third-order valence-corrected chi connectivity index (χ3v) is 8.41. The van der Waals surface area contributed by atoms with Crippen LogP contribution in [0.1, 0.15) is 41.0 Å². The Bertz CT molecular complexity index is 994. The molecule has 1 atom stereocenters. The van der Waals surface area contributed by atoms with Crippen LogP contribution in [-0.2, 0) is 21.4 Å². The highest BCUT2D eigenvalue weighted by atomic mass is 32.2. The zero-order chi connectivity index (χ0) is 21.1. The number of piperidine rings is 1. The Morgan fingerprint density at radius 1 is 1.20 bits per heavy atom. The molecule has 0 bridgehead atoms. The van der Waals surface area contributed by atoms with Gasteiger partial charge in [-0.2, -0.15) is 4.31 Å². The minimum Gasteiger partial charge on any atom is -0.356 e. The average molecular weight is 451 g/mol. The normalized spacial score (nSPS) is 20.4. The van der Waals surface area contributed by atoms with Crippen LogP contribution in [0.2, 0.25) is 0 Å². The highest BCUT2D eigenvalue weighted by molar-refractivity contribution is 7.89. The fourth-order valence-corrected chi connectivity index (χ4v) is 6.16. The Balaban J connectivity index is 1.41. The molecule has 2 aromatic heterocycles. The summed E-state index contributed by atoms with van der Waals surface area (Å²) in [6.45, 7) is 2.39. The lowest BCUT2D eigenvalue weighted by atomic mass is 9.99. The fraction of sp³-hybridized carbons (Fsp3) is 0.500. The number of sulfonamides is 1. The molecule has 2 aliphatic heterocycles. The number of carbonyl (C=O) groups excluding carboxylic acids is 2. The van der Waals surface area contributed by atoms with Crippen molar-refractivity contribution in [3.8, 4) is 0 Å². The van der Waals surface area contributed by atoms with Crippen LogP contribution < -0.4 is 5.32 Å². The maximum atomic E-state index is 13.1. The molecule has 162 valence electrons. The minimum absolute atomic E-state index is 0.0738. The molecule has 0 radical (unpaired) electrons. The zero-order valence-electron chi connectivity index (χ0n) is 16.7. The number of amides is 2. The van der Waals surface area contributed by atoms with Crippen molar-refractivity contribution in [1.29, 1.82) is 0 Å². The smallest absolute Gasteiger partial charge is 0.270 e. The Hall–Kier alpha value is -2.17. The summed E-state index contributed by atoms with van der Waals surface area (Å²) in [7, 11) is -3.77. The second kappa shape index (κ2) is 8.91. The number of rotatable bonds is 6. The first-order chi connectivity index (χ1) is 14.4. The molecule has 30 heavy (non-hydrogen) atoms. The summed E-state index contributed by atoms with van der Waals surface area (Å²) in [5.41, 5.74) is 0.290. The first kappa shape index (κ1) is 21.1. The molecule has 2 aliphatic rings. The highest BCUT2D eigenvalue weighted by Crippen LogP contribution is 2.25. The van der Waals surface area contributed by atoms with Crippen LogP contribution in [0, 0.1) is 5.92 Å². The molecule has 2 fully saturated rings. The maximum Gasteiger partial charge on any atom is 0.270 e. The van der Waals surface area contributed by atoms with E-state index in [4.69, 9.17) is 0 Å². The third kappa shape index (κ3) is 4.45. The van der Waals surface area contributed by atoms with Gasteiger partial charge >= 0.3 is 0 Å². The lowest BCUT2D eigenvalue weighted by Gasteiger charge is -2.30. The van der Waals surface area contributed by atoms with E-state index in [1.54, 1.807) is 16.2 Å². The molecular weight excluding hydrogens is 424 g/mol. The lowest BCUT2D eigenvalue weighted by Crippen LogP contribution is -2.45. The second-order valence-corrected chi connectivity index (χ2v) is 10.7. The summed E-state index contributed by atoms with van der Waals surface area (Å²) in [5, 5.41) is 4.86. The van der Waals surface area contributed by atoms with Gasteiger partial charge in [-0.1, -0.05) is 6.07 Å². The molecular formula is C20H26N4O4S2. The number of H-pyrrole nitrogens is 1. The van der Waals surface area contributed by atoms with Gasteiger partial charge in [0.25, 0.3) is 5.91 Å². The number of aromatic nitrogens is 1. The number of thiophene rings is 1. The van der Waals surface area contributed by atoms with Crippen molar-refractivity contribution in [2.24, 2.45) is 5.92 Å². The van der Waals surface area contributed by atoms with Gasteiger partial charge in [0, 0.05) is 37.3 Å². The van der Waals surface area contributed by atoms with E-state index in [-0.39, 0.29) is 34.9 Å². The van der Waals surface area contributed by atoms with E-state index in [1.165, 1.54) is 16.6 Å². The van der Waals surface area contributed by atoms with Gasteiger partial charge in [0.1, 0.15) is 10.6 Å². The van der Waals surface area contributed by atoms with Gasteiger partial charge in [-0.15, -0.1) is 11.3 Å². The van der Waals surface area contributed by atoms with Crippen LogP contribution in [0.4, 0.5) is 0 Å². The Labute approximate surface area is 180 Å². The molecule has 4 rings (SSSR count).